The van der Waals surface area contributed by atoms with E-state index in [0.717, 1.165) is 5.56 Å². The topological polar surface area (TPSA) is 64.7 Å². The molecule has 0 aliphatic carbocycles. The molecule has 4 nitrogen and oxygen atoms in total. The Morgan fingerprint density at radius 2 is 1.90 bits per heavy atom. The second kappa shape index (κ2) is 5.42. The lowest BCUT2D eigenvalue weighted by molar-refractivity contribution is 0.639. The third-order valence-electron chi connectivity index (χ3n) is 2.86. The number of pyridine rings is 1. The molecule has 0 fully saturated rings. The molecule has 0 spiro atoms. The standard InChI is InChI=1S/C14H11FN4S/c15-11-4-3-9(12-10(11)2-1-5-17-12)8-20-14-13(16)18-6-7-19-14/h1-7H,8H2,(H2,16,18). The molecule has 3 aromatic rings. The molecule has 0 saturated heterocycles. The maximum atomic E-state index is 13.7. The first kappa shape index (κ1) is 12.8. The van der Waals surface area contributed by atoms with Crippen LogP contribution in [0.3, 0.4) is 0 Å². The monoisotopic (exact) mass is 286 g/mol. The summed E-state index contributed by atoms with van der Waals surface area (Å²) >= 11 is 1.46. The highest BCUT2D eigenvalue weighted by molar-refractivity contribution is 7.98. The normalized spacial score (nSPS) is 10.8. The third kappa shape index (κ3) is 2.42. The Hall–Kier alpha value is -2.21. The zero-order valence-corrected chi connectivity index (χ0v) is 11.3. The van der Waals surface area contributed by atoms with Crippen LogP contribution in [-0.2, 0) is 5.75 Å². The van der Waals surface area contributed by atoms with E-state index < -0.39 is 0 Å². The van der Waals surface area contributed by atoms with Crippen LogP contribution in [0, 0.1) is 5.82 Å². The molecule has 2 N–H and O–H groups in total. The lowest BCUT2D eigenvalue weighted by atomic mass is 10.1. The van der Waals surface area contributed by atoms with Crippen LogP contribution in [0.4, 0.5) is 10.2 Å². The molecule has 0 saturated carbocycles. The minimum atomic E-state index is -0.263. The summed E-state index contributed by atoms with van der Waals surface area (Å²) in [6.07, 6.45) is 4.81. The first-order chi connectivity index (χ1) is 9.75. The van der Waals surface area contributed by atoms with Crippen molar-refractivity contribution in [3.05, 3.63) is 54.2 Å². The summed E-state index contributed by atoms with van der Waals surface area (Å²) in [5.74, 6) is 0.745. The van der Waals surface area contributed by atoms with Gasteiger partial charge in [-0.1, -0.05) is 17.8 Å². The van der Waals surface area contributed by atoms with Gasteiger partial charge in [0.05, 0.1) is 5.52 Å². The molecular formula is C14H11FN4S. The van der Waals surface area contributed by atoms with E-state index in [4.69, 9.17) is 5.73 Å². The fourth-order valence-corrected chi connectivity index (χ4v) is 2.77. The Morgan fingerprint density at radius 3 is 2.75 bits per heavy atom. The van der Waals surface area contributed by atoms with Gasteiger partial charge < -0.3 is 5.73 Å². The fraction of sp³-hybridized carbons (Fsp3) is 0.0714. The molecule has 20 heavy (non-hydrogen) atoms. The van der Waals surface area contributed by atoms with E-state index >= 15 is 0 Å². The van der Waals surface area contributed by atoms with Crippen LogP contribution >= 0.6 is 11.8 Å². The predicted octanol–water partition coefficient (Wildman–Crippen LogP) is 3.04. The van der Waals surface area contributed by atoms with Crippen LogP contribution in [0.1, 0.15) is 5.56 Å². The van der Waals surface area contributed by atoms with Crippen LogP contribution in [0.5, 0.6) is 0 Å². The van der Waals surface area contributed by atoms with Crippen LogP contribution in [0.2, 0.25) is 0 Å². The molecule has 0 atom stereocenters. The van der Waals surface area contributed by atoms with Crippen molar-refractivity contribution in [3.63, 3.8) is 0 Å². The number of fused-ring (bicyclic) bond motifs is 1. The van der Waals surface area contributed by atoms with E-state index in [1.165, 1.54) is 17.8 Å². The van der Waals surface area contributed by atoms with Gasteiger partial charge in [-0.15, -0.1) is 0 Å². The number of halogens is 1. The highest BCUT2D eigenvalue weighted by Gasteiger charge is 2.09. The zero-order chi connectivity index (χ0) is 13.9. The van der Waals surface area contributed by atoms with Crippen molar-refractivity contribution >= 4 is 28.5 Å². The molecule has 6 heteroatoms. The average molecular weight is 286 g/mol. The number of hydrogen-bond donors (Lipinski definition) is 1. The number of benzene rings is 1. The van der Waals surface area contributed by atoms with Crippen LogP contribution in [-0.4, -0.2) is 15.0 Å². The Morgan fingerprint density at radius 1 is 1.05 bits per heavy atom. The van der Waals surface area contributed by atoms with E-state index in [2.05, 4.69) is 15.0 Å². The Bertz CT molecular complexity index is 763. The van der Waals surface area contributed by atoms with Gasteiger partial charge in [-0.2, -0.15) is 0 Å². The Kier molecular flexibility index (Phi) is 3.47. The second-order valence-electron chi connectivity index (χ2n) is 4.14. The van der Waals surface area contributed by atoms with Gasteiger partial charge in [-0.3, -0.25) is 4.98 Å². The van der Waals surface area contributed by atoms with Crippen molar-refractivity contribution in [2.24, 2.45) is 0 Å². The number of thioether (sulfide) groups is 1. The van der Waals surface area contributed by atoms with Crippen LogP contribution in [0.25, 0.3) is 10.9 Å². The Labute approximate surface area is 119 Å². The smallest absolute Gasteiger partial charge is 0.156 e. The molecule has 3 rings (SSSR count). The summed E-state index contributed by atoms with van der Waals surface area (Å²) in [5.41, 5.74) is 7.36. The van der Waals surface area contributed by atoms with Gasteiger partial charge in [0, 0.05) is 29.7 Å². The molecule has 100 valence electrons. The van der Waals surface area contributed by atoms with Gasteiger partial charge in [0.1, 0.15) is 10.8 Å². The van der Waals surface area contributed by atoms with Gasteiger partial charge in [0.15, 0.2) is 5.82 Å². The summed E-state index contributed by atoms with van der Waals surface area (Å²) in [7, 11) is 0. The number of hydrogen-bond acceptors (Lipinski definition) is 5. The summed E-state index contributed by atoms with van der Waals surface area (Å²) in [6.45, 7) is 0. The predicted molar refractivity (Wildman–Crippen MR) is 77.7 cm³/mol. The SMILES string of the molecule is Nc1nccnc1SCc1ccc(F)c2cccnc12. The molecule has 0 bridgehead atoms. The quantitative estimate of drug-likeness (QED) is 0.750. The van der Waals surface area contributed by atoms with E-state index in [9.17, 15) is 4.39 Å². The first-order valence-corrected chi connectivity index (χ1v) is 6.95. The van der Waals surface area contributed by atoms with Crippen molar-refractivity contribution in [3.8, 4) is 0 Å². The second-order valence-corrected chi connectivity index (χ2v) is 5.11. The molecule has 1 aromatic carbocycles. The van der Waals surface area contributed by atoms with E-state index in [1.54, 1.807) is 36.8 Å². The van der Waals surface area contributed by atoms with Crippen molar-refractivity contribution < 1.29 is 4.39 Å². The number of rotatable bonds is 3. The number of anilines is 1. The van der Waals surface area contributed by atoms with Crippen molar-refractivity contribution in [2.75, 3.05) is 5.73 Å². The minimum absolute atomic E-state index is 0.263. The first-order valence-electron chi connectivity index (χ1n) is 5.97. The van der Waals surface area contributed by atoms with E-state index in [-0.39, 0.29) is 5.82 Å². The van der Waals surface area contributed by atoms with Crippen molar-refractivity contribution in [1.29, 1.82) is 0 Å². The zero-order valence-electron chi connectivity index (χ0n) is 10.5. The van der Waals surface area contributed by atoms with Crippen LogP contribution < -0.4 is 5.73 Å². The van der Waals surface area contributed by atoms with Gasteiger partial charge in [-0.25, -0.2) is 14.4 Å². The number of nitrogens with zero attached hydrogens (tertiary/aromatic N) is 3. The molecule has 2 heterocycles. The fourth-order valence-electron chi connectivity index (χ4n) is 1.91. The van der Waals surface area contributed by atoms with Gasteiger partial charge >= 0.3 is 0 Å². The summed E-state index contributed by atoms with van der Waals surface area (Å²) < 4.78 is 13.7. The largest absolute Gasteiger partial charge is 0.381 e. The molecule has 0 aliphatic rings. The van der Waals surface area contributed by atoms with Crippen molar-refractivity contribution in [1.82, 2.24) is 15.0 Å². The summed E-state index contributed by atoms with van der Waals surface area (Å²) in [5, 5.41) is 1.19. The molecule has 0 amide bonds. The highest BCUT2D eigenvalue weighted by Crippen LogP contribution is 2.28. The molecule has 0 radical (unpaired) electrons. The highest BCUT2D eigenvalue weighted by atomic mass is 32.2. The average Bonchev–Trinajstić information content (AvgIpc) is 2.48. The summed E-state index contributed by atoms with van der Waals surface area (Å²) in [6, 6.07) is 6.65. The third-order valence-corrected chi connectivity index (χ3v) is 3.90. The van der Waals surface area contributed by atoms with E-state index in [1.807, 2.05) is 0 Å². The maximum absolute atomic E-state index is 13.7. The lowest BCUT2D eigenvalue weighted by Crippen LogP contribution is -1.96. The molecular weight excluding hydrogens is 275 g/mol. The van der Waals surface area contributed by atoms with Gasteiger partial charge in [0.2, 0.25) is 0 Å². The van der Waals surface area contributed by atoms with Crippen molar-refractivity contribution in [2.45, 2.75) is 10.8 Å². The van der Waals surface area contributed by atoms with Gasteiger partial charge in [-0.05, 0) is 23.8 Å². The van der Waals surface area contributed by atoms with E-state index in [0.29, 0.717) is 27.5 Å². The summed E-state index contributed by atoms with van der Waals surface area (Å²) in [4.78, 5) is 12.4. The molecule has 0 aliphatic heterocycles. The molecule has 0 unspecified atom stereocenters. The molecule has 2 aromatic heterocycles. The number of nitrogens with two attached hydrogens (primary N) is 1. The minimum Gasteiger partial charge on any atom is -0.381 e. The number of nitrogen functional groups attached to an aromatic ring is 1. The Balaban J connectivity index is 1.92. The lowest BCUT2D eigenvalue weighted by Gasteiger charge is -2.07. The maximum Gasteiger partial charge on any atom is 0.156 e. The van der Waals surface area contributed by atoms with Gasteiger partial charge in [0.25, 0.3) is 0 Å². The number of aromatic nitrogens is 3. The van der Waals surface area contributed by atoms with Crippen LogP contribution in [0.15, 0.2) is 47.9 Å².